The molecule has 0 spiro atoms. The Kier molecular flexibility index (Phi) is 6.39. The fourth-order valence-electron chi connectivity index (χ4n) is 5.63. The molecule has 2 aromatic rings. The van der Waals surface area contributed by atoms with Crippen LogP contribution in [0.1, 0.15) is 35.2 Å². The summed E-state index contributed by atoms with van der Waals surface area (Å²) in [7, 11) is 0. The molecular formula is C25H34N4O2. The molecule has 3 aliphatic heterocycles. The first kappa shape index (κ1) is 20.7. The second-order valence-electron chi connectivity index (χ2n) is 9.30. The van der Waals surface area contributed by atoms with Crippen LogP contribution in [0.5, 0.6) is 0 Å². The van der Waals surface area contributed by atoms with Gasteiger partial charge in [0.2, 0.25) is 0 Å². The number of amides is 1. The molecule has 1 amide bonds. The highest BCUT2D eigenvalue weighted by Gasteiger charge is 2.34. The predicted octanol–water partition coefficient (Wildman–Crippen LogP) is 2.48. The highest BCUT2D eigenvalue weighted by Crippen LogP contribution is 2.23. The number of piperazine rings is 1. The predicted molar refractivity (Wildman–Crippen MR) is 121 cm³/mol. The Bertz CT molecular complexity index is 832. The Labute approximate surface area is 185 Å². The van der Waals surface area contributed by atoms with E-state index in [2.05, 4.69) is 45.4 Å². The maximum Gasteiger partial charge on any atom is 0.257 e. The van der Waals surface area contributed by atoms with E-state index in [-0.39, 0.29) is 5.91 Å². The maximum atomic E-state index is 12.6. The molecule has 1 N–H and O–H groups in total. The molecule has 166 valence electrons. The molecule has 3 fully saturated rings. The first-order chi connectivity index (χ1) is 15.3. The normalized spacial score (nSPS) is 28.1. The van der Waals surface area contributed by atoms with Gasteiger partial charge in [-0.15, -0.1) is 0 Å². The summed E-state index contributed by atoms with van der Waals surface area (Å²) in [6, 6.07) is 14.4. The van der Waals surface area contributed by atoms with Crippen molar-refractivity contribution in [2.24, 2.45) is 0 Å². The van der Waals surface area contributed by atoms with Crippen molar-refractivity contribution in [3.8, 4) is 0 Å². The Morgan fingerprint density at radius 3 is 2.48 bits per heavy atom. The second-order valence-corrected chi connectivity index (χ2v) is 9.30. The summed E-state index contributed by atoms with van der Waals surface area (Å²) in [6.45, 7) is 7.35. The zero-order valence-corrected chi connectivity index (χ0v) is 18.3. The van der Waals surface area contributed by atoms with Gasteiger partial charge in [-0.1, -0.05) is 30.3 Å². The molecule has 0 radical (unpaired) electrons. The molecule has 31 heavy (non-hydrogen) atoms. The van der Waals surface area contributed by atoms with Gasteiger partial charge in [-0.2, -0.15) is 0 Å². The fourth-order valence-corrected chi connectivity index (χ4v) is 5.63. The van der Waals surface area contributed by atoms with Crippen molar-refractivity contribution < 1.29 is 9.21 Å². The molecule has 0 saturated carbocycles. The van der Waals surface area contributed by atoms with Crippen LogP contribution in [0.15, 0.2) is 53.3 Å². The average Bonchev–Trinajstić information content (AvgIpc) is 3.53. The molecule has 6 heteroatoms. The third-order valence-electron chi connectivity index (χ3n) is 7.39. The molecule has 5 rings (SSSR count). The number of nitrogens with zero attached hydrogens (tertiary/aromatic N) is 3. The van der Waals surface area contributed by atoms with Crippen molar-refractivity contribution in [2.45, 2.75) is 43.8 Å². The fraction of sp³-hybridized carbons (Fsp3) is 0.560. The highest BCUT2D eigenvalue weighted by molar-refractivity contribution is 5.94. The maximum absolute atomic E-state index is 12.6. The van der Waals surface area contributed by atoms with E-state index in [4.69, 9.17) is 4.42 Å². The molecule has 0 aliphatic carbocycles. The van der Waals surface area contributed by atoms with Crippen molar-refractivity contribution in [1.82, 2.24) is 20.0 Å². The molecule has 6 nitrogen and oxygen atoms in total. The lowest BCUT2D eigenvalue weighted by Crippen LogP contribution is -2.56. The van der Waals surface area contributed by atoms with E-state index in [0.717, 1.165) is 58.7 Å². The van der Waals surface area contributed by atoms with Crippen LogP contribution in [-0.4, -0.2) is 84.5 Å². The number of benzene rings is 1. The number of likely N-dealkylation sites (tertiary alicyclic amines) is 1. The van der Waals surface area contributed by atoms with Crippen molar-refractivity contribution in [2.75, 3.05) is 45.8 Å². The number of rotatable bonds is 5. The van der Waals surface area contributed by atoms with Crippen molar-refractivity contribution in [1.29, 1.82) is 0 Å². The molecule has 1 aromatic carbocycles. The number of carbonyl (C=O) groups excluding carboxylic acids is 1. The van der Waals surface area contributed by atoms with E-state index in [9.17, 15) is 4.79 Å². The largest absolute Gasteiger partial charge is 0.472 e. The zero-order chi connectivity index (χ0) is 21.0. The van der Waals surface area contributed by atoms with Crippen LogP contribution in [-0.2, 0) is 6.42 Å². The van der Waals surface area contributed by atoms with Gasteiger partial charge in [0.05, 0.1) is 11.8 Å². The number of furan rings is 1. The number of carbonyl (C=O) groups is 1. The summed E-state index contributed by atoms with van der Waals surface area (Å²) < 4.78 is 5.08. The summed E-state index contributed by atoms with van der Waals surface area (Å²) in [4.78, 5) is 19.9. The van der Waals surface area contributed by atoms with E-state index < -0.39 is 0 Å². The van der Waals surface area contributed by atoms with E-state index in [0.29, 0.717) is 23.7 Å². The summed E-state index contributed by atoms with van der Waals surface area (Å²) >= 11 is 0. The molecular weight excluding hydrogens is 388 g/mol. The van der Waals surface area contributed by atoms with Crippen LogP contribution >= 0.6 is 0 Å². The summed E-state index contributed by atoms with van der Waals surface area (Å²) in [6.07, 6.45) is 7.83. The van der Waals surface area contributed by atoms with Crippen LogP contribution in [0.25, 0.3) is 0 Å². The minimum Gasteiger partial charge on any atom is -0.472 e. The van der Waals surface area contributed by atoms with Crippen LogP contribution in [0.3, 0.4) is 0 Å². The monoisotopic (exact) mass is 422 g/mol. The quantitative estimate of drug-likeness (QED) is 0.802. The molecule has 4 heterocycles. The first-order valence-corrected chi connectivity index (χ1v) is 11.8. The number of hydrogen-bond acceptors (Lipinski definition) is 5. The van der Waals surface area contributed by atoms with E-state index in [1.807, 2.05) is 4.90 Å². The Balaban J connectivity index is 1.09. The first-order valence-electron chi connectivity index (χ1n) is 11.8. The second kappa shape index (κ2) is 9.55. The lowest BCUT2D eigenvalue weighted by Gasteiger charge is -2.44. The summed E-state index contributed by atoms with van der Waals surface area (Å²) in [5.74, 6) is 0.106. The van der Waals surface area contributed by atoms with Crippen LogP contribution < -0.4 is 5.32 Å². The molecule has 1 aromatic heterocycles. The van der Waals surface area contributed by atoms with E-state index in [1.54, 1.807) is 18.6 Å². The van der Waals surface area contributed by atoms with Crippen molar-refractivity contribution in [3.63, 3.8) is 0 Å². The molecule has 3 atom stereocenters. The van der Waals surface area contributed by atoms with Crippen molar-refractivity contribution in [3.05, 3.63) is 60.1 Å². The minimum atomic E-state index is 0.106. The van der Waals surface area contributed by atoms with E-state index >= 15 is 0 Å². The summed E-state index contributed by atoms with van der Waals surface area (Å²) in [5, 5.41) is 3.74. The number of hydrogen-bond donors (Lipinski definition) is 1. The van der Waals surface area contributed by atoms with E-state index in [1.165, 1.54) is 18.4 Å². The van der Waals surface area contributed by atoms with Gasteiger partial charge in [0.15, 0.2) is 0 Å². The lowest BCUT2D eigenvalue weighted by atomic mass is 9.93. The van der Waals surface area contributed by atoms with Crippen molar-refractivity contribution >= 4 is 5.91 Å². The molecule has 3 unspecified atom stereocenters. The smallest absolute Gasteiger partial charge is 0.257 e. The van der Waals surface area contributed by atoms with Gasteiger partial charge in [0, 0.05) is 57.4 Å². The van der Waals surface area contributed by atoms with Crippen LogP contribution in [0.2, 0.25) is 0 Å². The molecule has 3 saturated heterocycles. The van der Waals surface area contributed by atoms with Gasteiger partial charge in [-0.05, 0) is 43.9 Å². The lowest BCUT2D eigenvalue weighted by molar-refractivity contribution is 0.0527. The molecule has 0 bridgehead atoms. The average molecular weight is 423 g/mol. The Hall–Kier alpha value is -2.15. The SMILES string of the molecule is O=C(c1ccoc1)N1CCC(N2CCN(C3CCNC(Cc4ccccc4)C3)CC2)C1. The highest BCUT2D eigenvalue weighted by atomic mass is 16.3. The Morgan fingerprint density at radius 2 is 1.74 bits per heavy atom. The zero-order valence-electron chi connectivity index (χ0n) is 18.3. The van der Waals surface area contributed by atoms with Crippen LogP contribution in [0.4, 0.5) is 0 Å². The van der Waals surface area contributed by atoms with Gasteiger partial charge < -0.3 is 14.6 Å². The third kappa shape index (κ3) is 4.86. The number of nitrogens with one attached hydrogen (secondary N) is 1. The molecule has 3 aliphatic rings. The number of piperidine rings is 1. The van der Waals surface area contributed by atoms with Gasteiger partial charge in [-0.3, -0.25) is 14.6 Å². The van der Waals surface area contributed by atoms with Gasteiger partial charge in [0.1, 0.15) is 6.26 Å². The topological polar surface area (TPSA) is 52.0 Å². The van der Waals surface area contributed by atoms with Gasteiger partial charge in [-0.25, -0.2) is 0 Å². The third-order valence-corrected chi connectivity index (χ3v) is 7.39. The minimum absolute atomic E-state index is 0.106. The van der Waals surface area contributed by atoms with Gasteiger partial charge >= 0.3 is 0 Å². The summed E-state index contributed by atoms with van der Waals surface area (Å²) in [5.41, 5.74) is 2.10. The standard InChI is InChI=1S/C25H34N4O2/c30-25(21-8-15-31-19-21)29-10-7-24(18-29)28-13-11-27(12-14-28)23-6-9-26-22(17-23)16-20-4-2-1-3-5-20/h1-5,8,15,19,22-24,26H,6-7,9-14,16-18H2. The van der Waals surface area contributed by atoms with Crippen LogP contribution in [0, 0.1) is 0 Å². The van der Waals surface area contributed by atoms with Gasteiger partial charge in [0.25, 0.3) is 5.91 Å². The Morgan fingerprint density at radius 1 is 0.968 bits per heavy atom.